The fourth-order valence-corrected chi connectivity index (χ4v) is 2.26. The zero-order valence-corrected chi connectivity index (χ0v) is 12.1. The minimum atomic E-state index is -0.312. The molecule has 0 bridgehead atoms. The molecular formula is C17H15N3O2. The Balaban J connectivity index is 1.85. The van der Waals surface area contributed by atoms with Crippen LogP contribution in [0.4, 0.5) is 0 Å². The second-order valence-corrected chi connectivity index (χ2v) is 5.12. The van der Waals surface area contributed by atoms with Gasteiger partial charge in [0.05, 0.1) is 5.39 Å². The maximum atomic E-state index is 12.3. The third-order valence-electron chi connectivity index (χ3n) is 3.48. The molecule has 3 aromatic rings. The summed E-state index contributed by atoms with van der Waals surface area (Å²) in [6.45, 7) is 2.42. The van der Waals surface area contributed by atoms with Gasteiger partial charge in [0, 0.05) is 11.9 Å². The number of carbonyl (C=O) groups excluding carboxylic acids is 1. The Morgan fingerprint density at radius 2 is 1.77 bits per heavy atom. The van der Waals surface area contributed by atoms with Crippen LogP contribution < -0.4 is 10.9 Å². The van der Waals surface area contributed by atoms with E-state index >= 15 is 0 Å². The van der Waals surface area contributed by atoms with Crippen LogP contribution in [0.2, 0.25) is 0 Å². The average molecular weight is 293 g/mol. The van der Waals surface area contributed by atoms with E-state index in [1.54, 1.807) is 24.3 Å². The molecule has 3 rings (SSSR count). The van der Waals surface area contributed by atoms with E-state index in [9.17, 15) is 9.59 Å². The van der Waals surface area contributed by atoms with Gasteiger partial charge >= 0.3 is 0 Å². The predicted molar refractivity (Wildman–Crippen MR) is 84.7 cm³/mol. The minimum Gasteiger partial charge on any atom is -0.347 e. The molecule has 1 amide bonds. The number of hydrogen-bond donors (Lipinski definition) is 2. The van der Waals surface area contributed by atoms with Crippen LogP contribution in [0.3, 0.4) is 0 Å². The molecule has 0 atom stereocenters. The molecule has 0 spiro atoms. The highest BCUT2D eigenvalue weighted by Gasteiger charge is 2.13. The monoisotopic (exact) mass is 293 g/mol. The fourth-order valence-electron chi connectivity index (χ4n) is 2.26. The lowest BCUT2D eigenvalue weighted by Gasteiger charge is -2.07. The van der Waals surface area contributed by atoms with Crippen LogP contribution in [0.1, 0.15) is 21.6 Å². The van der Waals surface area contributed by atoms with Crippen molar-refractivity contribution in [3.05, 3.63) is 75.7 Å². The molecular weight excluding hydrogens is 278 g/mol. The number of aryl methyl sites for hydroxylation is 1. The maximum absolute atomic E-state index is 12.3. The molecule has 0 saturated carbocycles. The molecule has 2 aromatic carbocycles. The topological polar surface area (TPSA) is 74.8 Å². The van der Waals surface area contributed by atoms with Crippen LogP contribution in [-0.2, 0) is 6.54 Å². The zero-order valence-electron chi connectivity index (χ0n) is 12.1. The smallest absolute Gasteiger partial charge is 0.272 e. The largest absolute Gasteiger partial charge is 0.347 e. The SMILES string of the molecule is Cc1ccc(CNC(=O)c2n[nH]c(=O)c3ccccc23)cc1. The molecule has 22 heavy (non-hydrogen) atoms. The Bertz CT molecular complexity index is 882. The number of fused-ring (bicyclic) bond motifs is 1. The fraction of sp³-hybridized carbons (Fsp3) is 0.118. The third kappa shape index (κ3) is 2.74. The molecule has 0 aliphatic rings. The highest BCUT2D eigenvalue weighted by Crippen LogP contribution is 2.12. The Morgan fingerprint density at radius 1 is 1.09 bits per heavy atom. The first-order valence-corrected chi connectivity index (χ1v) is 6.96. The second-order valence-electron chi connectivity index (χ2n) is 5.12. The molecule has 5 nitrogen and oxygen atoms in total. The summed E-state index contributed by atoms with van der Waals surface area (Å²) in [6.07, 6.45) is 0. The van der Waals surface area contributed by atoms with E-state index < -0.39 is 0 Å². The van der Waals surface area contributed by atoms with Crippen LogP contribution in [-0.4, -0.2) is 16.1 Å². The molecule has 0 radical (unpaired) electrons. The number of hydrogen-bond acceptors (Lipinski definition) is 3. The van der Waals surface area contributed by atoms with E-state index in [2.05, 4.69) is 15.5 Å². The molecule has 0 fully saturated rings. The van der Waals surface area contributed by atoms with Crippen molar-refractivity contribution >= 4 is 16.7 Å². The minimum absolute atomic E-state index is 0.224. The van der Waals surface area contributed by atoms with Crippen LogP contribution in [0.5, 0.6) is 0 Å². The van der Waals surface area contributed by atoms with Gasteiger partial charge in [0.15, 0.2) is 5.69 Å². The highest BCUT2D eigenvalue weighted by molar-refractivity contribution is 6.04. The number of rotatable bonds is 3. The number of nitrogens with zero attached hydrogens (tertiary/aromatic N) is 1. The van der Waals surface area contributed by atoms with Crippen molar-refractivity contribution in [3.63, 3.8) is 0 Å². The van der Waals surface area contributed by atoms with Gasteiger partial charge in [-0.3, -0.25) is 9.59 Å². The van der Waals surface area contributed by atoms with Crippen molar-refractivity contribution < 1.29 is 4.79 Å². The molecule has 0 aliphatic heterocycles. The summed E-state index contributed by atoms with van der Waals surface area (Å²) in [4.78, 5) is 24.0. The van der Waals surface area contributed by atoms with Gasteiger partial charge in [-0.1, -0.05) is 48.0 Å². The standard InChI is InChI=1S/C17H15N3O2/c1-11-6-8-12(9-7-11)10-18-17(22)15-13-4-2-3-5-14(13)16(21)20-19-15/h2-9H,10H2,1H3,(H,18,22)(H,20,21). The van der Waals surface area contributed by atoms with E-state index in [0.717, 1.165) is 5.56 Å². The van der Waals surface area contributed by atoms with Gasteiger partial charge in [0.25, 0.3) is 11.5 Å². The normalized spacial score (nSPS) is 10.6. The maximum Gasteiger partial charge on any atom is 0.272 e. The average Bonchev–Trinajstić information content (AvgIpc) is 2.55. The summed E-state index contributed by atoms with van der Waals surface area (Å²) >= 11 is 0. The quantitative estimate of drug-likeness (QED) is 0.777. The van der Waals surface area contributed by atoms with Crippen molar-refractivity contribution in [1.82, 2.24) is 15.5 Å². The van der Waals surface area contributed by atoms with Crippen LogP contribution >= 0.6 is 0 Å². The third-order valence-corrected chi connectivity index (χ3v) is 3.48. The van der Waals surface area contributed by atoms with Gasteiger partial charge in [-0.15, -0.1) is 0 Å². The zero-order chi connectivity index (χ0) is 15.5. The van der Waals surface area contributed by atoms with Gasteiger partial charge in [0.2, 0.25) is 0 Å². The van der Waals surface area contributed by atoms with Crippen molar-refractivity contribution in [2.24, 2.45) is 0 Å². The molecule has 5 heteroatoms. The molecule has 0 saturated heterocycles. The Morgan fingerprint density at radius 3 is 2.50 bits per heavy atom. The first-order valence-electron chi connectivity index (χ1n) is 6.96. The summed E-state index contributed by atoms with van der Waals surface area (Å²) in [5.41, 5.74) is 2.10. The number of aromatic nitrogens is 2. The molecule has 2 N–H and O–H groups in total. The first kappa shape index (κ1) is 14.0. The van der Waals surface area contributed by atoms with Crippen LogP contribution in [0.25, 0.3) is 10.8 Å². The lowest BCUT2D eigenvalue weighted by Crippen LogP contribution is -2.26. The van der Waals surface area contributed by atoms with Crippen LogP contribution in [0.15, 0.2) is 53.3 Å². The first-order chi connectivity index (χ1) is 10.6. The summed E-state index contributed by atoms with van der Waals surface area (Å²) in [5.74, 6) is -0.312. The van der Waals surface area contributed by atoms with Crippen molar-refractivity contribution in [1.29, 1.82) is 0 Å². The number of H-pyrrole nitrogens is 1. The van der Waals surface area contributed by atoms with Crippen molar-refractivity contribution in [2.75, 3.05) is 0 Å². The van der Waals surface area contributed by atoms with E-state index in [-0.39, 0.29) is 17.2 Å². The second kappa shape index (κ2) is 5.81. The molecule has 0 aliphatic carbocycles. The molecule has 110 valence electrons. The molecule has 1 heterocycles. The highest BCUT2D eigenvalue weighted by atomic mass is 16.2. The Kier molecular flexibility index (Phi) is 3.70. The lowest BCUT2D eigenvalue weighted by atomic mass is 10.1. The number of amides is 1. The summed E-state index contributed by atoms with van der Waals surface area (Å²) in [5, 5.41) is 10.1. The van der Waals surface area contributed by atoms with Gasteiger partial charge in [-0.2, -0.15) is 5.10 Å². The Labute approximate surface area is 127 Å². The van der Waals surface area contributed by atoms with Crippen molar-refractivity contribution in [3.8, 4) is 0 Å². The van der Waals surface area contributed by atoms with E-state index in [4.69, 9.17) is 0 Å². The number of aromatic amines is 1. The Hall–Kier alpha value is -2.95. The number of nitrogens with one attached hydrogen (secondary N) is 2. The number of benzene rings is 2. The summed E-state index contributed by atoms with van der Waals surface area (Å²) in [7, 11) is 0. The summed E-state index contributed by atoms with van der Waals surface area (Å²) < 4.78 is 0. The molecule has 1 aromatic heterocycles. The summed E-state index contributed by atoms with van der Waals surface area (Å²) in [6, 6.07) is 14.9. The van der Waals surface area contributed by atoms with Gasteiger partial charge in [-0.05, 0) is 18.6 Å². The van der Waals surface area contributed by atoms with E-state index in [1.807, 2.05) is 31.2 Å². The van der Waals surface area contributed by atoms with Crippen LogP contribution in [0, 0.1) is 6.92 Å². The van der Waals surface area contributed by atoms with Gasteiger partial charge in [0.1, 0.15) is 0 Å². The van der Waals surface area contributed by atoms with Gasteiger partial charge in [-0.25, -0.2) is 5.10 Å². The molecule has 0 unspecified atom stereocenters. The van der Waals surface area contributed by atoms with Crippen molar-refractivity contribution in [2.45, 2.75) is 13.5 Å². The lowest BCUT2D eigenvalue weighted by molar-refractivity contribution is 0.0946. The van der Waals surface area contributed by atoms with Gasteiger partial charge < -0.3 is 5.32 Å². The predicted octanol–water partition coefficient (Wildman–Crippen LogP) is 2.16. The van der Waals surface area contributed by atoms with E-state index in [0.29, 0.717) is 17.3 Å². The van der Waals surface area contributed by atoms with E-state index in [1.165, 1.54) is 5.56 Å². The number of carbonyl (C=O) groups is 1.